The molecule has 1 aromatic rings. The van der Waals surface area contributed by atoms with E-state index in [1.54, 1.807) is 0 Å². The molecule has 0 aliphatic heterocycles. The first-order valence-electron chi connectivity index (χ1n) is 7.21. The highest BCUT2D eigenvalue weighted by Gasteiger charge is 2.04. The summed E-state index contributed by atoms with van der Waals surface area (Å²) >= 11 is 0. The quantitative estimate of drug-likeness (QED) is 0.784. The van der Waals surface area contributed by atoms with Crippen LogP contribution in [0.4, 0.5) is 5.82 Å². The topological polar surface area (TPSA) is 41.1 Å². The fourth-order valence-electron chi connectivity index (χ4n) is 1.69. The van der Waals surface area contributed by atoms with Crippen LogP contribution in [-0.2, 0) is 6.54 Å². The highest BCUT2D eigenvalue weighted by molar-refractivity contribution is 5.34. The first kappa shape index (κ1) is 15.9. The Balaban J connectivity index is 2.42. The summed E-state index contributed by atoms with van der Waals surface area (Å²) in [6.45, 7) is 11.7. The van der Waals surface area contributed by atoms with Gasteiger partial charge in [0.25, 0.3) is 0 Å². The molecule has 1 N–H and O–H groups in total. The molecule has 4 nitrogen and oxygen atoms in total. The van der Waals surface area contributed by atoms with E-state index in [4.69, 9.17) is 0 Å². The number of hydrogen-bond acceptors (Lipinski definition) is 4. The maximum Gasteiger partial charge on any atom is 0.146 e. The van der Waals surface area contributed by atoms with E-state index in [-0.39, 0.29) is 0 Å². The molecule has 0 aliphatic carbocycles. The van der Waals surface area contributed by atoms with Crippen molar-refractivity contribution in [3.05, 3.63) is 18.1 Å². The molecular weight excluding hydrogens is 236 g/mol. The van der Waals surface area contributed by atoms with Gasteiger partial charge in [0.2, 0.25) is 0 Å². The van der Waals surface area contributed by atoms with Crippen LogP contribution < -0.4 is 10.2 Å². The Morgan fingerprint density at radius 2 is 1.84 bits per heavy atom. The van der Waals surface area contributed by atoms with Crippen molar-refractivity contribution in [2.75, 3.05) is 25.0 Å². The lowest BCUT2D eigenvalue weighted by Crippen LogP contribution is -2.22. The van der Waals surface area contributed by atoms with Gasteiger partial charge in [-0.3, -0.25) is 4.98 Å². The number of rotatable bonds is 8. The lowest BCUT2D eigenvalue weighted by atomic mass is 10.1. The second-order valence-electron chi connectivity index (χ2n) is 5.99. The lowest BCUT2D eigenvalue weighted by molar-refractivity contribution is 0.547. The maximum absolute atomic E-state index is 4.48. The summed E-state index contributed by atoms with van der Waals surface area (Å²) in [5, 5.41) is 3.37. The first-order valence-corrected chi connectivity index (χ1v) is 7.21. The SMILES string of the molecule is CC(C)CCN(C)c1cnc(CNCC(C)C)cn1. The third-order valence-electron chi connectivity index (χ3n) is 2.98. The Hall–Kier alpha value is -1.16. The Kier molecular flexibility index (Phi) is 6.78. The number of hydrogen-bond donors (Lipinski definition) is 1. The van der Waals surface area contributed by atoms with E-state index in [1.807, 2.05) is 12.4 Å². The van der Waals surface area contributed by atoms with Crippen molar-refractivity contribution >= 4 is 5.82 Å². The second-order valence-corrected chi connectivity index (χ2v) is 5.99. The van der Waals surface area contributed by atoms with Crippen molar-refractivity contribution in [1.82, 2.24) is 15.3 Å². The van der Waals surface area contributed by atoms with E-state index in [2.05, 4.69) is 54.9 Å². The summed E-state index contributed by atoms with van der Waals surface area (Å²) in [7, 11) is 2.07. The van der Waals surface area contributed by atoms with Gasteiger partial charge in [-0.15, -0.1) is 0 Å². The molecule has 0 fully saturated rings. The molecule has 19 heavy (non-hydrogen) atoms. The van der Waals surface area contributed by atoms with Gasteiger partial charge in [-0.1, -0.05) is 27.7 Å². The van der Waals surface area contributed by atoms with E-state index in [1.165, 1.54) is 6.42 Å². The molecule has 1 heterocycles. The largest absolute Gasteiger partial charge is 0.358 e. The van der Waals surface area contributed by atoms with Crippen molar-refractivity contribution in [2.24, 2.45) is 11.8 Å². The minimum atomic E-state index is 0.661. The summed E-state index contributed by atoms with van der Waals surface area (Å²) in [5.74, 6) is 2.33. The molecule has 0 bridgehead atoms. The van der Waals surface area contributed by atoms with Crippen LogP contribution in [0.5, 0.6) is 0 Å². The molecule has 0 unspecified atom stereocenters. The maximum atomic E-state index is 4.48. The summed E-state index contributed by atoms with van der Waals surface area (Å²) in [5.41, 5.74) is 1.00. The molecule has 108 valence electrons. The lowest BCUT2D eigenvalue weighted by Gasteiger charge is -2.19. The minimum Gasteiger partial charge on any atom is -0.358 e. The molecule has 0 spiro atoms. The van der Waals surface area contributed by atoms with Gasteiger partial charge < -0.3 is 10.2 Å². The Morgan fingerprint density at radius 3 is 2.37 bits per heavy atom. The Labute approximate surface area is 117 Å². The summed E-state index contributed by atoms with van der Waals surface area (Å²) in [6, 6.07) is 0. The molecular formula is C15H28N4. The van der Waals surface area contributed by atoms with Crippen LogP contribution in [0.1, 0.15) is 39.8 Å². The van der Waals surface area contributed by atoms with Crippen LogP contribution in [-0.4, -0.2) is 30.1 Å². The molecule has 4 heteroatoms. The number of aromatic nitrogens is 2. The van der Waals surface area contributed by atoms with E-state index in [0.29, 0.717) is 5.92 Å². The molecule has 0 radical (unpaired) electrons. The molecule has 0 amide bonds. The zero-order valence-electron chi connectivity index (χ0n) is 13.0. The third kappa shape index (κ3) is 6.53. The van der Waals surface area contributed by atoms with Crippen LogP contribution in [0, 0.1) is 11.8 Å². The predicted octanol–water partition coefficient (Wildman–Crippen LogP) is 2.70. The predicted molar refractivity (Wildman–Crippen MR) is 81.3 cm³/mol. The Bertz CT molecular complexity index is 346. The van der Waals surface area contributed by atoms with Crippen LogP contribution >= 0.6 is 0 Å². The smallest absolute Gasteiger partial charge is 0.146 e. The van der Waals surface area contributed by atoms with Gasteiger partial charge >= 0.3 is 0 Å². The minimum absolute atomic E-state index is 0.661. The zero-order valence-corrected chi connectivity index (χ0v) is 13.0. The molecule has 1 rings (SSSR count). The van der Waals surface area contributed by atoms with Crippen molar-refractivity contribution in [1.29, 1.82) is 0 Å². The van der Waals surface area contributed by atoms with Crippen molar-refractivity contribution in [2.45, 2.75) is 40.7 Å². The van der Waals surface area contributed by atoms with Crippen LogP contribution in [0.3, 0.4) is 0 Å². The van der Waals surface area contributed by atoms with Crippen molar-refractivity contribution in [3.8, 4) is 0 Å². The Morgan fingerprint density at radius 1 is 1.11 bits per heavy atom. The summed E-state index contributed by atoms with van der Waals surface area (Å²) in [4.78, 5) is 11.1. The van der Waals surface area contributed by atoms with Gasteiger partial charge in [-0.05, 0) is 24.8 Å². The van der Waals surface area contributed by atoms with Gasteiger partial charge in [-0.25, -0.2) is 4.98 Å². The molecule has 0 saturated heterocycles. The fourth-order valence-corrected chi connectivity index (χ4v) is 1.69. The van der Waals surface area contributed by atoms with Gasteiger partial charge in [0.05, 0.1) is 18.1 Å². The van der Waals surface area contributed by atoms with Gasteiger partial charge in [-0.2, -0.15) is 0 Å². The highest BCUT2D eigenvalue weighted by atomic mass is 15.2. The third-order valence-corrected chi connectivity index (χ3v) is 2.98. The zero-order chi connectivity index (χ0) is 14.3. The average Bonchev–Trinajstić information content (AvgIpc) is 2.36. The van der Waals surface area contributed by atoms with E-state index >= 15 is 0 Å². The first-order chi connectivity index (χ1) is 8.99. The molecule has 0 aromatic carbocycles. The number of anilines is 1. The highest BCUT2D eigenvalue weighted by Crippen LogP contribution is 2.09. The monoisotopic (exact) mass is 264 g/mol. The van der Waals surface area contributed by atoms with Crippen LogP contribution in [0.2, 0.25) is 0 Å². The van der Waals surface area contributed by atoms with E-state index < -0.39 is 0 Å². The van der Waals surface area contributed by atoms with Crippen molar-refractivity contribution < 1.29 is 0 Å². The summed E-state index contributed by atoms with van der Waals surface area (Å²) in [6.07, 6.45) is 4.91. The van der Waals surface area contributed by atoms with Gasteiger partial charge in [0.1, 0.15) is 5.82 Å². The van der Waals surface area contributed by atoms with Crippen LogP contribution in [0.15, 0.2) is 12.4 Å². The molecule has 0 saturated carbocycles. The molecule has 1 aromatic heterocycles. The van der Waals surface area contributed by atoms with Gasteiger partial charge in [0, 0.05) is 20.1 Å². The van der Waals surface area contributed by atoms with E-state index in [9.17, 15) is 0 Å². The number of nitrogens with one attached hydrogen (secondary N) is 1. The second kappa shape index (κ2) is 8.10. The fraction of sp³-hybridized carbons (Fsp3) is 0.733. The van der Waals surface area contributed by atoms with E-state index in [0.717, 1.165) is 37.1 Å². The normalized spacial score (nSPS) is 11.3. The molecule has 0 aliphatic rings. The van der Waals surface area contributed by atoms with Gasteiger partial charge in [0.15, 0.2) is 0 Å². The number of nitrogens with zero attached hydrogens (tertiary/aromatic N) is 3. The summed E-state index contributed by atoms with van der Waals surface area (Å²) < 4.78 is 0. The standard InChI is InChI=1S/C15H28N4/c1-12(2)6-7-19(5)15-11-17-14(10-18-15)9-16-8-13(3)4/h10-13,16H,6-9H2,1-5H3. The molecule has 0 atom stereocenters. The van der Waals surface area contributed by atoms with Crippen LogP contribution in [0.25, 0.3) is 0 Å². The van der Waals surface area contributed by atoms with Crippen molar-refractivity contribution in [3.63, 3.8) is 0 Å². The average molecular weight is 264 g/mol.